The van der Waals surface area contributed by atoms with Gasteiger partial charge in [0.2, 0.25) is 0 Å². The van der Waals surface area contributed by atoms with Gasteiger partial charge in [-0.25, -0.2) is 0 Å². The second-order valence-corrected chi connectivity index (χ2v) is 4.17. The lowest BCUT2D eigenvalue weighted by Crippen LogP contribution is -1.89. The van der Waals surface area contributed by atoms with Crippen molar-refractivity contribution in [1.82, 2.24) is 9.78 Å². The summed E-state index contributed by atoms with van der Waals surface area (Å²) >= 11 is 3.33. The maximum atomic E-state index is 10.8. The Morgan fingerprint density at radius 3 is 2.94 bits per heavy atom. The molecule has 0 aliphatic carbocycles. The third kappa shape index (κ3) is 2.30. The van der Waals surface area contributed by atoms with Gasteiger partial charge in [-0.2, -0.15) is 5.10 Å². The fourth-order valence-corrected chi connectivity index (χ4v) is 1.61. The van der Waals surface area contributed by atoms with Crippen molar-refractivity contribution < 1.29 is 9.53 Å². The number of aldehydes is 1. The highest BCUT2D eigenvalue weighted by Crippen LogP contribution is 2.27. The third-order valence-electron chi connectivity index (χ3n) is 2.01. The van der Waals surface area contributed by atoms with Crippen LogP contribution >= 0.6 is 15.9 Å². The van der Waals surface area contributed by atoms with Gasteiger partial charge in [-0.1, -0.05) is 15.9 Å². The maximum absolute atomic E-state index is 10.8. The lowest BCUT2D eigenvalue weighted by atomic mass is 10.2. The van der Waals surface area contributed by atoms with Gasteiger partial charge in [0.25, 0.3) is 0 Å². The predicted molar refractivity (Wildman–Crippen MR) is 62.8 cm³/mol. The van der Waals surface area contributed by atoms with Crippen molar-refractivity contribution in [2.45, 2.75) is 0 Å². The Morgan fingerprint density at radius 1 is 1.50 bits per heavy atom. The average Bonchev–Trinajstić information content (AvgIpc) is 2.64. The molecule has 0 aliphatic rings. The van der Waals surface area contributed by atoms with Crippen molar-refractivity contribution in [3.63, 3.8) is 0 Å². The van der Waals surface area contributed by atoms with E-state index < -0.39 is 0 Å². The minimum atomic E-state index is 0.507. The summed E-state index contributed by atoms with van der Waals surface area (Å²) in [5.74, 6) is 1.11. The largest absolute Gasteiger partial charge is 0.453 e. The van der Waals surface area contributed by atoms with Gasteiger partial charge in [0.1, 0.15) is 5.75 Å². The fraction of sp³-hybridized carbons (Fsp3) is 0.0909. The van der Waals surface area contributed by atoms with Crippen LogP contribution in [0.1, 0.15) is 10.4 Å². The van der Waals surface area contributed by atoms with Crippen LogP contribution in [0.2, 0.25) is 0 Å². The van der Waals surface area contributed by atoms with E-state index in [1.165, 1.54) is 0 Å². The van der Waals surface area contributed by atoms with Crippen molar-refractivity contribution in [2.24, 2.45) is 7.05 Å². The van der Waals surface area contributed by atoms with Gasteiger partial charge in [-0.05, 0) is 18.2 Å². The highest BCUT2D eigenvalue weighted by atomic mass is 79.9. The zero-order chi connectivity index (χ0) is 11.5. The second kappa shape index (κ2) is 4.49. The van der Waals surface area contributed by atoms with Crippen molar-refractivity contribution in [3.05, 3.63) is 40.6 Å². The molecule has 0 unspecified atom stereocenters. The first-order chi connectivity index (χ1) is 7.69. The maximum Gasteiger partial charge on any atom is 0.165 e. The Balaban J connectivity index is 2.32. The average molecular weight is 281 g/mol. The summed E-state index contributed by atoms with van der Waals surface area (Å²) in [5, 5.41) is 3.98. The van der Waals surface area contributed by atoms with E-state index in [1.807, 2.05) is 0 Å². The molecular weight excluding hydrogens is 272 g/mol. The lowest BCUT2D eigenvalue weighted by molar-refractivity contribution is 0.112. The number of ether oxygens (including phenoxy) is 1. The summed E-state index contributed by atoms with van der Waals surface area (Å²) in [5.41, 5.74) is 0.507. The molecule has 0 aliphatic heterocycles. The monoisotopic (exact) mass is 280 g/mol. The van der Waals surface area contributed by atoms with E-state index in [0.29, 0.717) is 17.1 Å². The van der Waals surface area contributed by atoms with Crippen LogP contribution in [0, 0.1) is 0 Å². The molecule has 0 spiro atoms. The number of hydrogen-bond acceptors (Lipinski definition) is 3. The molecule has 82 valence electrons. The van der Waals surface area contributed by atoms with Crippen LogP contribution in [0.4, 0.5) is 0 Å². The zero-order valence-electron chi connectivity index (χ0n) is 8.55. The first-order valence-corrected chi connectivity index (χ1v) is 5.39. The number of nitrogens with zero attached hydrogens (tertiary/aromatic N) is 2. The van der Waals surface area contributed by atoms with Crippen LogP contribution in [-0.2, 0) is 7.05 Å². The summed E-state index contributed by atoms with van der Waals surface area (Å²) < 4.78 is 8.05. The summed E-state index contributed by atoms with van der Waals surface area (Å²) in [6.45, 7) is 0. The van der Waals surface area contributed by atoms with E-state index >= 15 is 0 Å². The first kappa shape index (κ1) is 10.9. The summed E-state index contributed by atoms with van der Waals surface area (Å²) in [4.78, 5) is 10.8. The van der Waals surface area contributed by atoms with Crippen molar-refractivity contribution in [3.8, 4) is 11.5 Å². The first-order valence-electron chi connectivity index (χ1n) is 4.60. The SMILES string of the molecule is Cn1cc(Oc2cc(Br)ccc2C=O)cn1. The highest BCUT2D eigenvalue weighted by Gasteiger charge is 2.06. The van der Waals surface area contributed by atoms with Gasteiger partial charge in [0.15, 0.2) is 12.0 Å². The van der Waals surface area contributed by atoms with Crippen molar-refractivity contribution in [2.75, 3.05) is 0 Å². The molecule has 0 atom stereocenters. The van der Waals surface area contributed by atoms with E-state index in [0.717, 1.165) is 10.8 Å². The van der Waals surface area contributed by atoms with Crippen LogP contribution in [0.5, 0.6) is 11.5 Å². The van der Waals surface area contributed by atoms with Crippen LogP contribution in [0.25, 0.3) is 0 Å². The summed E-state index contributed by atoms with van der Waals surface area (Å²) in [7, 11) is 1.80. The fourth-order valence-electron chi connectivity index (χ4n) is 1.27. The van der Waals surface area contributed by atoms with Crippen LogP contribution in [-0.4, -0.2) is 16.1 Å². The Bertz CT molecular complexity index is 522. The van der Waals surface area contributed by atoms with Crippen LogP contribution < -0.4 is 4.74 Å². The van der Waals surface area contributed by atoms with E-state index in [-0.39, 0.29) is 0 Å². The Labute approximate surface area is 101 Å². The molecule has 0 saturated heterocycles. The Hall–Kier alpha value is -1.62. The number of aromatic nitrogens is 2. The third-order valence-corrected chi connectivity index (χ3v) is 2.50. The van der Waals surface area contributed by atoms with Crippen LogP contribution in [0.15, 0.2) is 35.1 Å². The molecule has 5 heteroatoms. The molecule has 0 fully saturated rings. The number of benzene rings is 1. The van der Waals surface area contributed by atoms with Crippen LogP contribution in [0.3, 0.4) is 0 Å². The summed E-state index contributed by atoms with van der Waals surface area (Å²) in [6, 6.07) is 5.24. The molecule has 0 N–H and O–H groups in total. The lowest BCUT2D eigenvalue weighted by Gasteiger charge is -2.05. The molecule has 2 rings (SSSR count). The molecular formula is C11H9BrN2O2. The topological polar surface area (TPSA) is 44.1 Å². The quantitative estimate of drug-likeness (QED) is 0.812. The molecule has 16 heavy (non-hydrogen) atoms. The van der Waals surface area contributed by atoms with Gasteiger partial charge >= 0.3 is 0 Å². The summed E-state index contributed by atoms with van der Waals surface area (Å²) in [6.07, 6.45) is 4.09. The molecule has 1 aromatic carbocycles. The minimum Gasteiger partial charge on any atom is -0.453 e. The van der Waals surface area contributed by atoms with E-state index in [1.54, 1.807) is 42.3 Å². The number of carbonyl (C=O) groups excluding carboxylic acids is 1. The van der Waals surface area contributed by atoms with Gasteiger partial charge in [-0.15, -0.1) is 0 Å². The number of halogens is 1. The zero-order valence-corrected chi connectivity index (χ0v) is 10.1. The number of rotatable bonds is 3. The molecule has 4 nitrogen and oxygen atoms in total. The second-order valence-electron chi connectivity index (χ2n) is 3.25. The van der Waals surface area contributed by atoms with Gasteiger partial charge in [0, 0.05) is 11.5 Å². The molecule has 1 heterocycles. The number of carbonyl (C=O) groups is 1. The molecule has 0 amide bonds. The molecule has 0 saturated carbocycles. The van der Waals surface area contributed by atoms with E-state index in [9.17, 15) is 4.79 Å². The predicted octanol–water partition coefficient (Wildman–Crippen LogP) is 2.79. The molecule has 1 aromatic heterocycles. The standard InChI is InChI=1S/C11H9BrN2O2/c1-14-6-10(5-13-14)16-11-4-9(12)3-2-8(11)7-15/h2-7H,1H3. The van der Waals surface area contributed by atoms with E-state index in [4.69, 9.17) is 4.74 Å². The minimum absolute atomic E-state index is 0.507. The molecule has 2 aromatic rings. The highest BCUT2D eigenvalue weighted by molar-refractivity contribution is 9.10. The van der Waals surface area contributed by atoms with Crippen molar-refractivity contribution >= 4 is 22.2 Å². The van der Waals surface area contributed by atoms with Gasteiger partial charge in [0.05, 0.1) is 18.0 Å². The normalized spacial score (nSPS) is 10.1. The van der Waals surface area contributed by atoms with Gasteiger partial charge in [-0.3, -0.25) is 9.48 Å². The molecule has 0 bridgehead atoms. The Kier molecular flexibility index (Phi) is 3.05. The number of hydrogen-bond donors (Lipinski definition) is 0. The van der Waals surface area contributed by atoms with Crippen molar-refractivity contribution in [1.29, 1.82) is 0 Å². The van der Waals surface area contributed by atoms with E-state index in [2.05, 4.69) is 21.0 Å². The van der Waals surface area contributed by atoms with Gasteiger partial charge < -0.3 is 4.74 Å². The number of aryl methyl sites for hydroxylation is 1. The Morgan fingerprint density at radius 2 is 2.31 bits per heavy atom. The smallest absolute Gasteiger partial charge is 0.165 e. The molecule has 0 radical (unpaired) electrons.